The summed E-state index contributed by atoms with van der Waals surface area (Å²) >= 11 is 1.41. The van der Waals surface area contributed by atoms with E-state index in [0.717, 1.165) is 16.5 Å². The molecule has 1 N–H and O–H groups in total. The van der Waals surface area contributed by atoms with Crippen molar-refractivity contribution in [3.05, 3.63) is 46.6 Å². The standard InChI is InChI=1S/C12H9FO2S/c1-7-5-6-16-11(7)8-3-2-4-9(13)10(8)12(14)15/h2-6H,1H3,(H,14,15). The monoisotopic (exact) mass is 236 g/mol. The molecule has 1 aromatic heterocycles. The summed E-state index contributed by atoms with van der Waals surface area (Å²) in [7, 11) is 0. The Bertz CT molecular complexity index is 546. The van der Waals surface area contributed by atoms with Crippen molar-refractivity contribution in [1.82, 2.24) is 0 Å². The van der Waals surface area contributed by atoms with Crippen molar-refractivity contribution in [2.45, 2.75) is 6.92 Å². The first-order valence-electron chi connectivity index (χ1n) is 4.67. The van der Waals surface area contributed by atoms with Gasteiger partial charge < -0.3 is 5.11 Å². The smallest absolute Gasteiger partial charge is 0.339 e. The second kappa shape index (κ2) is 4.06. The molecular weight excluding hydrogens is 227 g/mol. The summed E-state index contributed by atoms with van der Waals surface area (Å²) in [6, 6.07) is 6.20. The van der Waals surface area contributed by atoms with Gasteiger partial charge in [-0.3, -0.25) is 0 Å². The number of hydrogen-bond acceptors (Lipinski definition) is 2. The van der Waals surface area contributed by atoms with E-state index >= 15 is 0 Å². The molecular formula is C12H9FO2S. The summed E-state index contributed by atoms with van der Waals surface area (Å²) < 4.78 is 13.4. The first-order valence-corrected chi connectivity index (χ1v) is 5.55. The van der Waals surface area contributed by atoms with E-state index in [1.165, 1.54) is 17.4 Å². The predicted molar refractivity (Wildman–Crippen MR) is 61.4 cm³/mol. The van der Waals surface area contributed by atoms with Crippen molar-refractivity contribution >= 4 is 17.3 Å². The highest BCUT2D eigenvalue weighted by atomic mass is 32.1. The van der Waals surface area contributed by atoms with Crippen LogP contribution in [0.1, 0.15) is 15.9 Å². The number of halogens is 1. The molecule has 0 aliphatic carbocycles. The van der Waals surface area contributed by atoms with E-state index in [4.69, 9.17) is 5.11 Å². The summed E-state index contributed by atoms with van der Waals surface area (Å²) in [6.45, 7) is 1.88. The van der Waals surface area contributed by atoms with Crippen molar-refractivity contribution in [2.24, 2.45) is 0 Å². The van der Waals surface area contributed by atoms with E-state index in [9.17, 15) is 9.18 Å². The van der Waals surface area contributed by atoms with Crippen molar-refractivity contribution in [1.29, 1.82) is 0 Å². The fourth-order valence-electron chi connectivity index (χ4n) is 1.58. The van der Waals surface area contributed by atoms with Gasteiger partial charge in [0, 0.05) is 10.4 Å². The quantitative estimate of drug-likeness (QED) is 0.865. The van der Waals surface area contributed by atoms with Crippen molar-refractivity contribution in [3.8, 4) is 10.4 Å². The molecule has 1 aromatic carbocycles. The molecule has 0 saturated heterocycles. The lowest BCUT2D eigenvalue weighted by Gasteiger charge is -2.05. The Morgan fingerprint density at radius 1 is 1.38 bits per heavy atom. The second-order valence-electron chi connectivity index (χ2n) is 3.40. The largest absolute Gasteiger partial charge is 0.478 e. The highest BCUT2D eigenvalue weighted by molar-refractivity contribution is 7.13. The second-order valence-corrected chi connectivity index (χ2v) is 4.32. The van der Waals surface area contributed by atoms with Gasteiger partial charge in [0.1, 0.15) is 11.4 Å². The van der Waals surface area contributed by atoms with Gasteiger partial charge in [0.2, 0.25) is 0 Å². The average molecular weight is 236 g/mol. The number of thiophene rings is 1. The van der Waals surface area contributed by atoms with Crippen LogP contribution in [0.15, 0.2) is 29.6 Å². The van der Waals surface area contributed by atoms with Gasteiger partial charge in [-0.15, -0.1) is 11.3 Å². The molecule has 0 amide bonds. The summed E-state index contributed by atoms with van der Waals surface area (Å²) in [6.07, 6.45) is 0. The molecule has 0 unspecified atom stereocenters. The first kappa shape index (κ1) is 10.8. The fourth-order valence-corrected chi connectivity index (χ4v) is 2.54. The number of benzene rings is 1. The lowest BCUT2D eigenvalue weighted by Crippen LogP contribution is -2.03. The number of rotatable bonds is 2. The molecule has 16 heavy (non-hydrogen) atoms. The number of carboxylic acid groups (broad SMARTS) is 1. The van der Waals surface area contributed by atoms with Crippen LogP contribution in [0.2, 0.25) is 0 Å². The molecule has 0 aliphatic rings. The van der Waals surface area contributed by atoms with E-state index in [1.807, 2.05) is 18.4 Å². The third-order valence-electron chi connectivity index (χ3n) is 2.33. The highest BCUT2D eigenvalue weighted by Crippen LogP contribution is 2.32. The molecule has 1 heterocycles. The highest BCUT2D eigenvalue weighted by Gasteiger charge is 2.18. The van der Waals surface area contributed by atoms with Crippen LogP contribution in [0.4, 0.5) is 4.39 Å². The number of aryl methyl sites for hydroxylation is 1. The molecule has 0 bridgehead atoms. The van der Waals surface area contributed by atoms with Gasteiger partial charge >= 0.3 is 5.97 Å². The van der Waals surface area contributed by atoms with Crippen LogP contribution < -0.4 is 0 Å². The Labute approximate surface area is 96.0 Å². The summed E-state index contributed by atoms with van der Waals surface area (Å²) in [5.74, 6) is -1.93. The Kier molecular flexibility index (Phi) is 2.75. The van der Waals surface area contributed by atoms with Gasteiger partial charge in [0.15, 0.2) is 0 Å². The summed E-state index contributed by atoms with van der Waals surface area (Å²) in [5, 5.41) is 10.9. The Balaban J connectivity index is 2.70. The molecule has 0 saturated carbocycles. The molecule has 0 atom stereocenters. The first-order chi connectivity index (χ1) is 7.61. The van der Waals surface area contributed by atoms with Crippen LogP contribution in [0.5, 0.6) is 0 Å². The zero-order valence-corrected chi connectivity index (χ0v) is 9.34. The predicted octanol–water partition coefficient (Wildman–Crippen LogP) is 3.56. The van der Waals surface area contributed by atoms with E-state index in [1.54, 1.807) is 6.07 Å². The lowest BCUT2D eigenvalue weighted by atomic mass is 10.0. The van der Waals surface area contributed by atoms with Crippen LogP contribution in [0.3, 0.4) is 0 Å². The maximum Gasteiger partial charge on any atom is 0.339 e. The lowest BCUT2D eigenvalue weighted by molar-refractivity contribution is 0.0693. The van der Waals surface area contributed by atoms with Gasteiger partial charge in [-0.1, -0.05) is 12.1 Å². The fraction of sp³-hybridized carbons (Fsp3) is 0.0833. The van der Waals surface area contributed by atoms with E-state index in [2.05, 4.69) is 0 Å². The maximum atomic E-state index is 13.4. The molecule has 0 aliphatic heterocycles. The Hall–Kier alpha value is -1.68. The molecule has 82 valence electrons. The zero-order chi connectivity index (χ0) is 11.7. The third-order valence-corrected chi connectivity index (χ3v) is 3.38. The number of aromatic carboxylic acids is 1. The molecule has 4 heteroatoms. The molecule has 2 nitrogen and oxygen atoms in total. The van der Waals surface area contributed by atoms with Gasteiger partial charge in [-0.25, -0.2) is 9.18 Å². The van der Waals surface area contributed by atoms with Crippen molar-refractivity contribution < 1.29 is 14.3 Å². The van der Waals surface area contributed by atoms with Crippen LogP contribution >= 0.6 is 11.3 Å². The number of hydrogen-bond donors (Lipinski definition) is 1. The summed E-state index contributed by atoms with van der Waals surface area (Å²) in [5.41, 5.74) is 1.14. The molecule has 2 rings (SSSR count). The third kappa shape index (κ3) is 1.72. The van der Waals surface area contributed by atoms with Crippen LogP contribution in [0.25, 0.3) is 10.4 Å². The molecule has 0 spiro atoms. The topological polar surface area (TPSA) is 37.3 Å². The van der Waals surface area contributed by atoms with Crippen molar-refractivity contribution in [2.75, 3.05) is 0 Å². The van der Waals surface area contributed by atoms with Crippen LogP contribution in [0, 0.1) is 12.7 Å². The summed E-state index contributed by atoms with van der Waals surface area (Å²) in [4.78, 5) is 11.8. The van der Waals surface area contributed by atoms with Crippen LogP contribution in [-0.4, -0.2) is 11.1 Å². The number of carbonyl (C=O) groups is 1. The normalized spacial score (nSPS) is 10.4. The van der Waals surface area contributed by atoms with Crippen molar-refractivity contribution in [3.63, 3.8) is 0 Å². The van der Waals surface area contributed by atoms with Gasteiger partial charge in [-0.2, -0.15) is 0 Å². The van der Waals surface area contributed by atoms with E-state index < -0.39 is 11.8 Å². The van der Waals surface area contributed by atoms with E-state index in [-0.39, 0.29) is 5.56 Å². The average Bonchev–Trinajstić information content (AvgIpc) is 2.63. The Morgan fingerprint density at radius 2 is 2.12 bits per heavy atom. The maximum absolute atomic E-state index is 13.4. The SMILES string of the molecule is Cc1ccsc1-c1cccc(F)c1C(=O)O. The van der Waals surface area contributed by atoms with Gasteiger partial charge in [-0.05, 0) is 30.0 Å². The Morgan fingerprint density at radius 3 is 2.69 bits per heavy atom. The minimum Gasteiger partial charge on any atom is -0.478 e. The van der Waals surface area contributed by atoms with E-state index in [0.29, 0.717) is 5.56 Å². The van der Waals surface area contributed by atoms with Gasteiger partial charge in [0.05, 0.1) is 0 Å². The molecule has 2 aromatic rings. The number of carboxylic acids is 1. The van der Waals surface area contributed by atoms with Crippen LogP contribution in [-0.2, 0) is 0 Å². The minimum atomic E-state index is -1.24. The molecule has 0 fully saturated rings. The minimum absolute atomic E-state index is 0.256. The zero-order valence-electron chi connectivity index (χ0n) is 8.53. The van der Waals surface area contributed by atoms with Gasteiger partial charge in [0.25, 0.3) is 0 Å². The molecule has 0 radical (unpaired) electrons.